The summed E-state index contributed by atoms with van der Waals surface area (Å²) in [5, 5.41) is 8.73. The zero-order valence-corrected chi connectivity index (χ0v) is 16.8. The molecule has 9 heteroatoms. The Balaban J connectivity index is 1.65. The molecule has 148 valence electrons. The average Bonchev–Trinajstić information content (AvgIpc) is 3.24. The van der Waals surface area contributed by atoms with Gasteiger partial charge in [-0.05, 0) is 54.7 Å². The van der Waals surface area contributed by atoms with Gasteiger partial charge in [-0.2, -0.15) is 0 Å². The first kappa shape index (κ1) is 20.4. The Hall–Kier alpha value is -3.36. The zero-order chi connectivity index (χ0) is 20.8. The highest BCUT2D eigenvalue weighted by Crippen LogP contribution is 2.28. The third-order valence-electron chi connectivity index (χ3n) is 3.77. The van der Waals surface area contributed by atoms with Crippen molar-refractivity contribution in [2.75, 3.05) is 17.7 Å². The van der Waals surface area contributed by atoms with Gasteiger partial charge in [0.2, 0.25) is 0 Å². The van der Waals surface area contributed by atoms with Gasteiger partial charge in [-0.3, -0.25) is 14.9 Å². The van der Waals surface area contributed by atoms with Gasteiger partial charge in [-0.25, -0.2) is 0 Å². The number of nitrogens with one attached hydrogen (secondary N) is 3. The molecule has 0 spiro atoms. The average molecular weight is 430 g/mol. The fourth-order valence-corrected chi connectivity index (χ4v) is 2.83. The molecule has 0 aliphatic carbocycles. The lowest BCUT2D eigenvalue weighted by atomic mass is 10.2. The zero-order valence-electron chi connectivity index (χ0n) is 15.2. The molecule has 0 aliphatic rings. The second kappa shape index (κ2) is 9.22. The SMILES string of the molecule is COc1cc(NC(=S)NC(=O)c2cccc(Cl)c2)ccc1NC(=O)c1ccco1. The molecule has 29 heavy (non-hydrogen) atoms. The number of hydrogen-bond donors (Lipinski definition) is 3. The van der Waals surface area contributed by atoms with E-state index in [1.54, 1.807) is 54.6 Å². The summed E-state index contributed by atoms with van der Waals surface area (Å²) in [5.74, 6) is -0.212. The normalized spacial score (nSPS) is 10.1. The molecule has 2 amide bonds. The number of halogens is 1. The second-order valence-corrected chi connectivity index (χ2v) is 6.61. The van der Waals surface area contributed by atoms with Crippen molar-refractivity contribution in [1.29, 1.82) is 0 Å². The highest BCUT2D eigenvalue weighted by Gasteiger charge is 2.13. The maximum atomic E-state index is 12.2. The van der Waals surface area contributed by atoms with Gasteiger partial charge < -0.3 is 19.8 Å². The molecule has 0 atom stereocenters. The number of carbonyl (C=O) groups is 2. The molecule has 7 nitrogen and oxygen atoms in total. The first-order valence-corrected chi connectivity index (χ1v) is 9.15. The summed E-state index contributed by atoms with van der Waals surface area (Å²) in [6.45, 7) is 0. The molecule has 1 aromatic heterocycles. The molecule has 0 saturated heterocycles. The number of methoxy groups -OCH3 is 1. The summed E-state index contributed by atoms with van der Waals surface area (Å²) in [6, 6.07) is 14.7. The predicted octanol–water partition coefficient (Wildman–Crippen LogP) is 4.32. The molecule has 0 fully saturated rings. The molecular weight excluding hydrogens is 414 g/mol. The van der Waals surface area contributed by atoms with Gasteiger partial charge in [0, 0.05) is 22.3 Å². The second-order valence-electron chi connectivity index (χ2n) is 5.77. The quantitative estimate of drug-likeness (QED) is 0.523. The number of benzene rings is 2. The minimum absolute atomic E-state index is 0.101. The maximum Gasteiger partial charge on any atom is 0.291 e. The number of thiocarbonyl (C=S) groups is 1. The van der Waals surface area contributed by atoms with Crippen LogP contribution in [0.15, 0.2) is 65.3 Å². The number of anilines is 2. The molecule has 3 N–H and O–H groups in total. The van der Waals surface area contributed by atoms with Crippen molar-refractivity contribution in [2.24, 2.45) is 0 Å². The van der Waals surface area contributed by atoms with Crippen LogP contribution in [0, 0.1) is 0 Å². The summed E-state index contributed by atoms with van der Waals surface area (Å²) >= 11 is 11.1. The van der Waals surface area contributed by atoms with Crippen LogP contribution in [-0.4, -0.2) is 24.0 Å². The van der Waals surface area contributed by atoms with Gasteiger partial charge in [0.1, 0.15) is 5.75 Å². The highest BCUT2D eigenvalue weighted by molar-refractivity contribution is 7.80. The Kier molecular flexibility index (Phi) is 6.48. The van der Waals surface area contributed by atoms with Gasteiger partial charge in [-0.1, -0.05) is 17.7 Å². The number of rotatable bonds is 5. The largest absolute Gasteiger partial charge is 0.494 e. The van der Waals surface area contributed by atoms with Gasteiger partial charge in [-0.15, -0.1) is 0 Å². The summed E-state index contributed by atoms with van der Waals surface area (Å²) in [7, 11) is 1.47. The van der Waals surface area contributed by atoms with E-state index < -0.39 is 5.91 Å². The van der Waals surface area contributed by atoms with Crippen LogP contribution in [0.2, 0.25) is 5.02 Å². The van der Waals surface area contributed by atoms with Crippen molar-refractivity contribution >= 4 is 52.1 Å². The first-order valence-electron chi connectivity index (χ1n) is 8.37. The first-order chi connectivity index (χ1) is 14.0. The van der Waals surface area contributed by atoms with Gasteiger partial charge in [0.05, 0.1) is 19.1 Å². The monoisotopic (exact) mass is 429 g/mol. The van der Waals surface area contributed by atoms with Crippen LogP contribution >= 0.6 is 23.8 Å². The Labute approximate surface area is 177 Å². The summed E-state index contributed by atoms with van der Waals surface area (Å²) in [5.41, 5.74) is 1.40. The van der Waals surface area contributed by atoms with Crippen molar-refractivity contribution in [3.63, 3.8) is 0 Å². The number of ether oxygens (including phenoxy) is 1. The highest BCUT2D eigenvalue weighted by atomic mass is 35.5. The van der Waals surface area contributed by atoms with E-state index in [1.807, 2.05) is 0 Å². The van der Waals surface area contributed by atoms with Crippen LogP contribution in [-0.2, 0) is 0 Å². The third kappa shape index (κ3) is 5.34. The standard InChI is InChI=1S/C20H16ClN3O4S/c1-27-17-11-14(7-8-15(17)23-19(26)16-6-3-9-28-16)22-20(29)24-18(25)12-4-2-5-13(21)10-12/h2-11H,1H3,(H,23,26)(H2,22,24,25,29). The van der Waals surface area contributed by atoms with E-state index in [0.29, 0.717) is 27.7 Å². The van der Waals surface area contributed by atoms with E-state index in [4.69, 9.17) is 33.0 Å². The minimum atomic E-state index is -0.404. The summed E-state index contributed by atoms with van der Waals surface area (Å²) in [6.07, 6.45) is 1.41. The van der Waals surface area contributed by atoms with E-state index in [1.165, 1.54) is 13.4 Å². The minimum Gasteiger partial charge on any atom is -0.494 e. The lowest BCUT2D eigenvalue weighted by Crippen LogP contribution is -2.34. The smallest absolute Gasteiger partial charge is 0.291 e. The van der Waals surface area contributed by atoms with E-state index in [-0.39, 0.29) is 16.8 Å². The number of furan rings is 1. The molecule has 3 aromatic rings. The van der Waals surface area contributed by atoms with Crippen LogP contribution in [0.4, 0.5) is 11.4 Å². The molecule has 3 rings (SSSR count). The van der Waals surface area contributed by atoms with Crippen molar-refractivity contribution in [3.8, 4) is 5.75 Å². The molecule has 0 unspecified atom stereocenters. The van der Waals surface area contributed by atoms with Gasteiger partial charge in [0.15, 0.2) is 10.9 Å². The lowest BCUT2D eigenvalue weighted by Gasteiger charge is -2.13. The molecule has 2 aromatic carbocycles. The molecular formula is C20H16ClN3O4S. The molecule has 1 heterocycles. The van der Waals surface area contributed by atoms with E-state index in [2.05, 4.69) is 16.0 Å². The van der Waals surface area contributed by atoms with Crippen LogP contribution in [0.1, 0.15) is 20.9 Å². The van der Waals surface area contributed by atoms with Crippen LogP contribution in [0.25, 0.3) is 0 Å². The molecule has 0 bridgehead atoms. The third-order valence-corrected chi connectivity index (χ3v) is 4.21. The Morgan fingerprint density at radius 2 is 1.86 bits per heavy atom. The van der Waals surface area contributed by atoms with Crippen LogP contribution in [0.3, 0.4) is 0 Å². The topological polar surface area (TPSA) is 92.6 Å². The number of hydrogen-bond acceptors (Lipinski definition) is 5. The summed E-state index contributed by atoms with van der Waals surface area (Å²) < 4.78 is 10.4. The summed E-state index contributed by atoms with van der Waals surface area (Å²) in [4.78, 5) is 24.4. The lowest BCUT2D eigenvalue weighted by molar-refractivity contribution is 0.0975. The van der Waals surface area contributed by atoms with Crippen LogP contribution < -0.4 is 20.7 Å². The van der Waals surface area contributed by atoms with Crippen molar-refractivity contribution in [1.82, 2.24) is 5.32 Å². The maximum absolute atomic E-state index is 12.2. The van der Waals surface area contributed by atoms with E-state index in [9.17, 15) is 9.59 Å². The Morgan fingerprint density at radius 1 is 1.03 bits per heavy atom. The predicted molar refractivity (Wildman–Crippen MR) is 115 cm³/mol. The number of amides is 2. The van der Waals surface area contributed by atoms with Crippen molar-refractivity contribution in [3.05, 3.63) is 77.2 Å². The molecule has 0 aliphatic heterocycles. The van der Waals surface area contributed by atoms with Crippen LogP contribution in [0.5, 0.6) is 5.75 Å². The Morgan fingerprint density at radius 3 is 2.55 bits per heavy atom. The number of carbonyl (C=O) groups excluding carboxylic acids is 2. The van der Waals surface area contributed by atoms with Gasteiger partial charge in [0.25, 0.3) is 11.8 Å². The van der Waals surface area contributed by atoms with Gasteiger partial charge >= 0.3 is 0 Å². The molecule has 0 radical (unpaired) electrons. The van der Waals surface area contributed by atoms with Crippen molar-refractivity contribution in [2.45, 2.75) is 0 Å². The van der Waals surface area contributed by atoms with E-state index in [0.717, 1.165) is 0 Å². The van der Waals surface area contributed by atoms with Crippen molar-refractivity contribution < 1.29 is 18.7 Å². The Bertz CT molecular complexity index is 1050. The molecule has 0 saturated carbocycles. The fraction of sp³-hybridized carbons (Fsp3) is 0.0500. The fourth-order valence-electron chi connectivity index (χ4n) is 2.43. The van der Waals surface area contributed by atoms with E-state index >= 15 is 0 Å².